The lowest BCUT2D eigenvalue weighted by molar-refractivity contribution is -0.126. The summed E-state index contributed by atoms with van der Waals surface area (Å²) in [6.07, 6.45) is -0.162. The zero-order valence-electron chi connectivity index (χ0n) is 20.1. The number of imide groups is 1. The number of amides is 2. The third-order valence-electron chi connectivity index (χ3n) is 6.28. The van der Waals surface area contributed by atoms with Gasteiger partial charge in [0.15, 0.2) is 17.6 Å². The Morgan fingerprint density at radius 3 is 2.31 bits per heavy atom. The Balaban J connectivity index is 1.57. The Kier molecular flexibility index (Phi) is 6.61. The second kappa shape index (κ2) is 9.99. The molecule has 2 aliphatic heterocycles. The van der Waals surface area contributed by atoms with E-state index in [1.807, 2.05) is 62.4 Å². The number of fused-ring (bicyclic) bond motifs is 1. The quantitative estimate of drug-likeness (QED) is 0.411. The first-order valence-electron chi connectivity index (χ1n) is 12.1. The van der Waals surface area contributed by atoms with Crippen LogP contribution in [0, 0.1) is 11.7 Å². The van der Waals surface area contributed by atoms with Crippen molar-refractivity contribution in [1.82, 2.24) is 0 Å². The molecule has 7 nitrogen and oxygen atoms in total. The van der Waals surface area contributed by atoms with Gasteiger partial charge in [-0.25, -0.2) is 14.4 Å². The van der Waals surface area contributed by atoms with Gasteiger partial charge >= 0.3 is 0 Å². The van der Waals surface area contributed by atoms with Crippen molar-refractivity contribution in [3.8, 4) is 11.5 Å². The summed E-state index contributed by atoms with van der Waals surface area (Å²) in [4.78, 5) is 34.4. The van der Waals surface area contributed by atoms with Gasteiger partial charge < -0.3 is 9.47 Å². The first-order valence-corrected chi connectivity index (χ1v) is 12.1. The largest absolute Gasteiger partial charge is 0.490 e. The van der Waals surface area contributed by atoms with E-state index in [2.05, 4.69) is 0 Å². The van der Waals surface area contributed by atoms with Crippen molar-refractivity contribution < 1.29 is 28.3 Å². The van der Waals surface area contributed by atoms with Crippen molar-refractivity contribution >= 4 is 23.2 Å². The fourth-order valence-electron chi connectivity index (χ4n) is 4.71. The van der Waals surface area contributed by atoms with E-state index in [0.717, 1.165) is 22.6 Å². The molecule has 3 aromatic carbocycles. The van der Waals surface area contributed by atoms with E-state index in [1.54, 1.807) is 5.06 Å². The minimum atomic E-state index is -1.01. The number of anilines is 2. The molecule has 0 N–H and O–H groups in total. The summed E-state index contributed by atoms with van der Waals surface area (Å²) in [6.45, 7) is 4.91. The molecule has 2 amide bonds. The summed E-state index contributed by atoms with van der Waals surface area (Å²) in [6, 6.07) is 19.6. The lowest BCUT2D eigenvalue weighted by Gasteiger charge is -2.29. The molecule has 0 saturated carbocycles. The van der Waals surface area contributed by atoms with E-state index in [1.165, 1.54) is 24.3 Å². The second-order valence-corrected chi connectivity index (χ2v) is 8.63. The second-order valence-electron chi connectivity index (χ2n) is 8.63. The molecular formula is C28H27FN2O5. The van der Waals surface area contributed by atoms with E-state index in [4.69, 9.17) is 14.3 Å². The van der Waals surface area contributed by atoms with Crippen LogP contribution in [-0.2, 0) is 14.4 Å². The first kappa shape index (κ1) is 23.8. The van der Waals surface area contributed by atoms with Gasteiger partial charge in [-0.3, -0.25) is 14.4 Å². The number of hydroxylamine groups is 1. The predicted octanol–water partition coefficient (Wildman–Crippen LogP) is 5.06. The van der Waals surface area contributed by atoms with Gasteiger partial charge in [-0.05, 0) is 67.4 Å². The lowest BCUT2D eigenvalue weighted by Crippen LogP contribution is -2.37. The molecule has 5 rings (SSSR count). The van der Waals surface area contributed by atoms with Crippen molar-refractivity contribution in [2.45, 2.75) is 32.4 Å². The first-order chi connectivity index (χ1) is 17.5. The molecule has 0 bridgehead atoms. The number of benzene rings is 3. The number of hydrogen-bond donors (Lipinski definition) is 0. The summed E-state index contributed by atoms with van der Waals surface area (Å²) in [5, 5.41) is 1.63. The average molecular weight is 491 g/mol. The number of rotatable bonds is 8. The number of para-hydroxylation sites is 1. The molecule has 3 aromatic rings. The van der Waals surface area contributed by atoms with E-state index in [9.17, 15) is 14.0 Å². The van der Waals surface area contributed by atoms with Crippen LogP contribution < -0.4 is 19.4 Å². The van der Waals surface area contributed by atoms with Crippen LogP contribution in [-0.4, -0.2) is 31.1 Å². The van der Waals surface area contributed by atoms with Gasteiger partial charge in [0.2, 0.25) is 5.91 Å². The van der Waals surface area contributed by atoms with Crippen molar-refractivity contribution in [3.63, 3.8) is 0 Å². The smallest absolute Gasteiger partial charge is 0.266 e. The normalized spacial score (nSPS) is 21.1. The molecule has 0 aliphatic carbocycles. The number of nitrogens with zero attached hydrogens (tertiary/aromatic N) is 2. The van der Waals surface area contributed by atoms with E-state index in [-0.39, 0.29) is 0 Å². The molecule has 2 fully saturated rings. The SMILES string of the molecule is CCCOc1ccc([C@H]2[C@H]3C(=O)N(c4ccc(F)cc4)C(=O)[C@@H]3ON2c2ccccc2)cc1OCC. The van der Waals surface area contributed by atoms with Gasteiger partial charge in [0.25, 0.3) is 5.91 Å². The molecule has 186 valence electrons. The molecule has 0 radical (unpaired) electrons. The summed E-state index contributed by atoms with van der Waals surface area (Å²) in [5.41, 5.74) is 1.78. The summed E-state index contributed by atoms with van der Waals surface area (Å²) in [7, 11) is 0. The molecule has 2 aliphatic rings. The molecule has 8 heteroatoms. The Morgan fingerprint density at radius 2 is 1.61 bits per heavy atom. The van der Waals surface area contributed by atoms with E-state index in [0.29, 0.717) is 30.4 Å². The highest BCUT2D eigenvalue weighted by molar-refractivity contribution is 6.23. The van der Waals surface area contributed by atoms with Crippen molar-refractivity contribution in [3.05, 3.63) is 84.2 Å². The van der Waals surface area contributed by atoms with Crippen LogP contribution >= 0.6 is 0 Å². The highest BCUT2D eigenvalue weighted by Crippen LogP contribution is 2.48. The van der Waals surface area contributed by atoms with Gasteiger partial charge in [0.1, 0.15) is 11.7 Å². The fourth-order valence-corrected chi connectivity index (χ4v) is 4.71. The maximum atomic E-state index is 13.7. The van der Waals surface area contributed by atoms with Crippen LogP contribution in [0.3, 0.4) is 0 Å². The van der Waals surface area contributed by atoms with E-state index >= 15 is 0 Å². The number of ether oxygens (including phenoxy) is 2. The van der Waals surface area contributed by atoms with Gasteiger partial charge in [-0.15, -0.1) is 0 Å². The highest BCUT2D eigenvalue weighted by atomic mass is 19.1. The highest BCUT2D eigenvalue weighted by Gasteiger charge is 2.60. The molecule has 2 saturated heterocycles. The Labute approximate surface area is 208 Å². The average Bonchev–Trinajstić information content (AvgIpc) is 3.40. The zero-order valence-corrected chi connectivity index (χ0v) is 20.1. The predicted molar refractivity (Wildman–Crippen MR) is 132 cm³/mol. The molecule has 0 aromatic heterocycles. The number of hydrogen-bond acceptors (Lipinski definition) is 6. The molecule has 3 atom stereocenters. The van der Waals surface area contributed by atoms with Crippen LogP contribution in [0.1, 0.15) is 31.9 Å². The molecule has 36 heavy (non-hydrogen) atoms. The van der Waals surface area contributed by atoms with Gasteiger partial charge in [-0.1, -0.05) is 31.2 Å². The van der Waals surface area contributed by atoms with Crippen LogP contribution in [0.25, 0.3) is 0 Å². The molecular weight excluding hydrogens is 463 g/mol. The third kappa shape index (κ3) is 4.18. The third-order valence-corrected chi connectivity index (χ3v) is 6.28. The van der Waals surface area contributed by atoms with Crippen molar-refractivity contribution in [2.24, 2.45) is 5.92 Å². The minimum absolute atomic E-state index is 0.313. The van der Waals surface area contributed by atoms with Crippen LogP contribution in [0.5, 0.6) is 11.5 Å². The Morgan fingerprint density at radius 1 is 0.861 bits per heavy atom. The summed E-state index contributed by atoms with van der Waals surface area (Å²) >= 11 is 0. The lowest BCUT2D eigenvalue weighted by atomic mass is 9.90. The standard InChI is InChI=1S/C28H27FN2O5/c1-3-16-35-22-15-10-18(17-23(22)34-4-2)25-24-26(36-31(25)21-8-6-5-7-9-21)28(33)30(27(24)32)20-13-11-19(29)12-14-20/h5-15,17,24-26H,3-4,16H2,1-2H3/t24-,25+,26-/m1/s1. The zero-order chi connectivity index (χ0) is 25.2. The summed E-state index contributed by atoms with van der Waals surface area (Å²) < 4.78 is 25.2. The number of carbonyl (C=O) groups excluding carboxylic acids is 2. The Hall–Kier alpha value is -3.91. The van der Waals surface area contributed by atoms with Crippen molar-refractivity contribution in [1.29, 1.82) is 0 Å². The van der Waals surface area contributed by atoms with E-state index < -0.39 is 35.7 Å². The molecule has 0 spiro atoms. The maximum Gasteiger partial charge on any atom is 0.266 e. The summed E-state index contributed by atoms with van der Waals surface area (Å²) in [5.74, 6) is -0.953. The monoisotopic (exact) mass is 490 g/mol. The maximum absolute atomic E-state index is 13.7. The van der Waals surface area contributed by atoms with Crippen molar-refractivity contribution in [2.75, 3.05) is 23.2 Å². The van der Waals surface area contributed by atoms with Crippen LogP contribution in [0.2, 0.25) is 0 Å². The topological polar surface area (TPSA) is 68.3 Å². The fraction of sp³-hybridized carbons (Fsp3) is 0.286. The van der Waals surface area contributed by atoms with Gasteiger partial charge in [0, 0.05) is 0 Å². The van der Waals surface area contributed by atoms with Crippen LogP contribution in [0.4, 0.5) is 15.8 Å². The van der Waals surface area contributed by atoms with Crippen LogP contribution in [0.15, 0.2) is 72.8 Å². The van der Waals surface area contributed by atoms with Gasteiger partial charge in [0.05, 0.1) is 30.6 Å². The molecule has 2 heterocycles. The van der Waals surface area contributed by atoms with Gasteiger partial charge in [-0.2, -0.15) is 0 Å². The minimum Gasteiger partial charge on any atom is -0.490 e. The Bertz CT molecular complexity index is 1250. The number of carbonyl (C=O) groups is 2. The number of halogens is 1. The molecule has 0 unspecified atom stereocenters.